The lowest BCUT2D eigenvalue weighted by Gasteiger charge is -2.27. The number of phenolic OH excluding ortho intramolecular Hbond substituents is 1. The summed E-state index contributed by atoms with van der Waals surface area (Å²) in [4.78, 5) is 4.87. The molecule has 0 saturated carbocycles. The molecule has 1 aromatic carbocycles. The van der Waals surface area contributed by atoms with Gasteiger partial charge in [-0.25, -0.2) is 0 Å². The highest BCUT2D eigenvalue weighted by molar-refractivity contribution is 5.31. The Bertz CT molecular complexity index is 381. The molecular weight excluding hydrogens is 224 g/mol. The minimum absolute atomic E-state index is 0.406. The van der Waals surface area contributed by atoms with Crippen molar-refractivity contribution in [1.82, 2.24) is 9.80 Å². The van der Waals surface area contributed by atoms with E-state index in [1.54, 1.807) is 6.07 Å². The van der Waals surface area contributed by atoms with Crippen LogP contribution in [0.2, 0.25) is 0 Å². The third-order valence-electron chi connectivity index (χ3n) is 3.86. The van der Waals surface area contributed by atoms with Gasteiger partial charge in [0.25, 0.3) is 0 Å². The van der Waals surface area contributed by atoms with E-state index < -0.39 is 0 Å². The molecule has 2 rings (SSSR count). The smallest absolute Gasteiger partial charge is 0.120 e. The van der Waals surface area contributed by atoms with E-state index in [1.807, 2.05) is 18.2 Å². The summed E-state index contributed by atoms with van der Waals surface area (Å²) < 4.78 is 0. The summed E-state index contributed by atoms with van der Waals surface area (Å²) in [5, 5.41) is 9.78. The summed E-state index contributed by atoms with van der Waals surface area (Å²) in [6.07, 6.45) is 2.63. The minimum atomic E-state index is 0.406. The van der Waals surface area contributed by atoms with Gasteiger partial charge in [-0.2, -0.15) is 0 Å². The van der Waals surface area contributed by atoms with E-state index in [9.17, 15) is 5.11 Å². The molecule has 0 amide bonds. The van der Waals surface area contributed by atoms with E-state index in [1.165, 1.54) is 19.4 Å². The zero-order valence-electron chi connectivity index (χ0n) is 11.5. The number of rotatable bonds is 5. The fourth-order valence-electron chi connectivity index (χ4n) is 2.88. The third-order valence-corrected chi connectivity index (χ3v) is 3.86. The van der Waals surface area contributed by atoms with Crippen LogP contribution in [0.25, 0.3) is 0 Å². The summed E-state index contributed by atoms with van der Waals surface area (Å²) in [5.74, 6) is 0.406. The SMILES string of the molecule is CCN1CCCC1CN(C)Cc1ccccc1O. The Morgan fingerprint density at radius 3 is 2.89 bits per heavy atom. The van der Waals surface area contributed by atoms with Gasteiger partial charge in [-0.3, -0.25) is 4.90 Å². The van der Waals surface area contributed by atoms with Gasteiger partial charge in [0.2, 0.25) is 0 Å². The highest BCUT2D eigenvalue weighted by Gasteiger charge is 2.24. The van der Waals surface area contributed by atoms with Crippen molar-refractivity contribution in [3.63, 3.8) is 0 Å². The summed E-state index contributed by atoms with van der Waals surface area (Å²) >= 11 is 0. The van der Waals surface area contributed by atoms with Gasteiger partial charge in [0.05, 0.1) is 0 Å². The van der Waals surface area contributed by atoms with Crippen LogP contribution >= 0.6 is 0 Å². The second-order valence-corrected chi connectivity index (χ2v) is 5.25. The van der Waals surface area contributed by atoms with E-state index in [-0.39, 0.29) is 0 Å². The highest BCUT2D eigenvalue weighted by atomic mass is 16.3. The number of para-hydroxylation sites is 1. The Hall–Kier alpha value is -1.06. The molecule has 1 aromatic rings. The van der Waals surface area contributed by atoms with E-state index in [0.29, 0.717) is 11.8 Å². The average molecular weight is 248 g/mol. The van der Waals surface area contributed by atoms with Crippen LogP contribution in [0.15, 0.2) is 24.3 Å². The zero-order valence-corrected chi connectivity index (χ0v) is 11.5. The molecule has 1 saturated heterocycles. The number of nitrogens with zero attached hydrogens (tertiary/aromatic N) is 2. The van der Waals surface area contributed by atoms with Gasteiger partial charge >= 0.3 is 0 Å². The molecule has 1 atom stereocenters. The van der Waals surface area contributed by atoms with Crippen LogP contribution in [0.1, 0.15) is 25.3 Å². The lowest BCUT2D eigenvalue weighted by atomic mass is 10.1. The maximum Gasteiger partial charge on any atom is 0.120 e. The lowest BCUT2D eigenvalue weighted by molar-refractivity contribution is 0.194. The fraction of sp³-hybridized carbons (Fsp3) is 0.600. The van der Waals surface area contributed by atoms with Crippen LogP contribution in [-0.2, 0) is 6.54 Å². The summed E-state index contributed by atoms with van der Waals surface area (Å²) in [5.41, 5.74) is 1.01. The van der Waals surface area contributed by atoms with E-state index in [4.69, 9.17) is 0 Å². The van der Waals surface area contributed by atoms with E-state index in [2.05, 4.69) is 23.8 Å². The number of likely N-dealkylation sites (N-methyl/N-ethyl adjacent to an activating group) is 2. The molecule has 3 heteroatoms. The molecule has 0 aliphatic carbocycles. The first-order valence-corrected chi connectivity index (χ1v) is 6.90. The fourth-order valence-corrected chi connectivity index (χ4v) is 2.88. The molecule has 0 aromatic heterocycles. The van der Waals surface area contributed by atoms with Gasteiger partial charge < -0.3 is 10.0 Å². The van der Waals surface area contributed by atoms with Crippen molar-refractivity contribution in [2.45, 2.75) is 32.4 Å². The quantitative estimate of drug-likeness (QED) is 0.866. The minimum Gasteiger partial charge on any atom is -0.508 e. The highest BCUT2D eigenvalue weighted by Crippen LogP contribution is 2.20. The molecule has 3 nitrogen and oxygen atoms in total. The molecule has 0 spiro atoms. The summed E-state index contributed by atoms with van der Waals surface area (Å²) in [6, 6.07) is 8.30. The van der Waals surface area contributed by atoms with Crippen molar-refractivity contribution in [3.8, 4) is 5.75 Å². The number of hydrogen-bond acceptors (Lipinski definition) is 3. The molecule has 0 bridgehead atoms. The van der Waals surface area contributed by atoms with Gasteiger partial charge in [-0.05, 0) is 39.0 Å². The number of aromatic hydroxyl groups is 1. The lowest BCUT2D eigenvalue weighted by Crippen LogP contribution is -2.38. The van der Waals surface area contributed by atoms with Gasteiger partial charge in [0.1, 0.15) is 5.75 Å². The van der Waals surface area contributed by atoms with Crippen molar-refractivity contribution >= 4 is 0 Å². The van der Waals surface area contributed by atoms with Crippen molar-refractivity contribution in [1.29, 1.82) is 0 Å². The molecular formula is C15H24N2O. The first kappa shape index (κ1) is 13.4. The largest absolute Gasteiger partial charge is 0.508 e. The van der Waals surface area contributed by atoms with Crippen molar-refractivity contribution in [2.75, 3.05) is 26.7 Å². The predicted octanol–water partition coefficient (Wildman–Crippen LogP) is 2.31. The zero-order chi connectivity index (χ0) is 13.0. The standard InChI is InChI=1S/C15H24N2O/c1-3-17-10-6-8-14(17)12-16(2)11-13-7-4-5-9-15(13)18/h4-5,7,9,14,18H,3,6,8,10-12H2,1-2H3. The average Bonchev–Trinajstić information content (AvgIpc) is 2.79. The second-order valence-electron chi connectivity index (χ2n) is 5.25. The van der Waals surface area contributed by atoms with Gasteiger partial charge in [-0.15, -0.1) is 0 Å². The molecule has 1 heterocycles. The van der Waals surface area contributed by atoms with Crippen molar-refractivity contribution in [3.05, 3.63) is 29.8 Å². The first-order valence-electron chi connectivity index (χ1n) is 6.90. The molecule has 0 radical (unpaired) electrons. The van der Waals surface area contributed by atoms with Crippen LogP contribution in [0.5, 0.6) is 5.75 Å². The monoisotopic (exact) mass is 248 g/mol. The Morgan fingerprint density at radius 1 is 1.39 bits per heavy atom. The maximum absolute atomic E-state index is 9.78. The second kappa shape index (κ2) is 6.21. The Kier molecular flexibility index (Phi) is 4.61. The molecule has 1 unspecified atom stereocenters. The van der Waals surface area contributed by atoms with Crippen LogP contribution in [-0.4, -0.2) is 47.6 Å². The molecule has 18 heavy (non-hydrogen) atoms. The topological polar surface area (TPSA) is 26.7 Å². The van der Waals surface area contributed by atoms with E-state index in [0.717, 1.165) is 25.2 Å². The Balaban J connectivity index is 1.89. The predicted molar refractivity (Wildman–Crippen MR) is 74.7 cm³/mol. The molecule has 1 aliphatic heterocycles. The Labute approximate surface area is 110 Å². The van der Waals surface area contributed by atoms with Gasteiger partial charge in [0.15, 0.2) is 0 Å². The number of phenols is 1. The Morgan fingerprint density at radius 2 is 2.17 bits per heavy atom. The first-order chi connectivity index (χ1) is 8.70. The number of hydrogen-bond donors (Lipinski definition) is 1. The number of benzene rings is 1. The van der Waals surface area contributed by atoms with Crippen molar-refractivity contribution < 1.29 is 5.11 Å². The number of likely N-dealkylation sites (tertiary alicyclic amines) is 1. The summed E-state index contributed by atoms with van der Waals surface area (Å²) in [7, 11) is 2.14. The summed E-state index contributed by atoms with van der Waals surface area (Å²) in [6.45, 7) is 6.53. The maximum atomic E-state index is 9.78. The molecule has 1 aliphatic rings. The third kappa shape index (κ3) is 3.24. The molecule has 1 N–H and O–H groups in total. The van der Waals surface area contributed by atoms with Crippen LogP contribution < -0.4 is 0 Å². The normalized spacial score (nSPS) is 20.7. The van der Waals surface area contributed by atoms with Crippen LogP contribution in [0, 0.1) is 0 Å². The van der Waals surface area contributed by atoms with Gasteiger partial charge in [0, 0.05) is 24.7 Å². The van der Waals surface area contributed by atoms with Crippen LogP contribution in [0.3, 0.4) is 0 Å². The van der Waals surface area contributed by atoms with Crippen LogP contribution in [0.4, 0.5) is 0 Å². The van der Waals surface area contributed by atoms with Gasteiger partial charge in [-0.1, -0.05) is 25.1 Å². The van der Waals surface area contributed by atoms with Crippen molar-refractivity contribution in [2.24, 2.45) is 0 Å². The molecule has 1 fully saturated rings. The van der Waals surface area contributed by atoms with E-state index >= 15 is 0 Å². The molecule has 100 valence electrons.